The number of aromatic nitrogens is 1. The van der Waals surface area contributed by atoms with Gasteiger partial charge in [0.05, 0.1) is 21.4 Å². The molecule has 0 amide bonds. The molecule has 0 saturated heterocycles. The minimum Gasteiger partial charge on any atom is -0.308 e. The highest BCUT2D eigenvalue weighted by Crippen LogP contribution is 2.48. The second-order valence-electron chi connectivity index (χ2n) is 14.8. The van der Waals surface area contributed by atoms with Gasteiger partial charge < -0.3 is 4.57 Å². The second kappa shape index (κ2) is 12.9. The van der Waals surface area contributed by atoms with Gasteiger partial charge in [0.1, 0.15) is 0 Å². The largest absolute Gasteiger partial charge is 0.308 e. The van der Waals surface area contributed by atoms with Crippen molar-refractivity contribution in [2.45, 2.75) is 0 Å². The average Bonchev–Trinajstić information content (AvgIpc) is 3.96. The first-order valence-corrected chi connectivity index (χ1v) is 21.0. The molecule has 0 unspecified atom stereocenters. The van der Waals surface area contributed by atoms with Crippen LogP contribution < -0.4 is 0 Å². The summed E-state index contributed by atoms with van der Waals surface area (Å²) in [6.45, 7) is 0. The number of fused-ring (bicyclic) bond motifs is 9. The lowest BCUT2D eigenvalue weighted by molar-refractivity contribution is 1.20. The quantitative estimate of drug-likeness (QED) is 0.165. The number of hydrogen-bond acceptors (Lipinski definition) is 2. The fourth-order valence-electron chi connectivity index (χ4n) is 8.97. The van der Waals surface area contributed by atoms with Gasteiger partial charge in [-0.1, -0.05) is 146 Å². The van der Waals surface area contributed by atoms with Crippen molar-refractivity contribution < 1.29 is 0 Å². The summed E-state index contributed by atoms with van der Waals surface area (Å²) in [7, 11) is 0. The van der Waals surface area contributed by atoms with Crippen LogP contribution in [0.15, 0.2) is 200 Å². The Balaban J connectivity index is 1.14. The maximum absolute atomic E-state index is 2.51. The minimum atomic E-state index is 1.21. The van der Waals surface area contributed by atoms with Gasteiger partial charge in [-0.05, 0) is 93.5 Å². The van der Waals surface area contributed by atoms with E-state index in [1.807, 2.05) is 22.7 Å². The first kappa shape index (κ1) is 32.5. The van der Waals surface area contributed by atoms with Crippen molar-refractivity contribution in [2.24, 2.45) is 0 Å². The topological polar surface area (TPSA) is 4.93 Å². The third kappa shape index (κ3) is 5.13. The van der Waals surface area contributed by atoms with Crippen molar-refractivity contribution in [1.82, 2.24) is 4.57 Å². The van der Waals surface area contributed by atoms with Gasteiger partial charge in [0.2, 0.25) is 0 Å². The third-order valence-corrected chi connectivity index (χ3v) is 14.0. The molecule has 0 aliphatic heterocycles. The summed E-state index contributed by atoms with van der Waals surface area (Å²) >= 11 is 3.80. The molecular formula is C54H33NS2. The smallest absolute Gasteiger partial charge is 0.0640 e. The summed E-state index contributed by atoms with van der Waals surface area (Å²) in [6, 6.07) is 73.8. The van der Waals surface area contributed by atoms with E-state index in [2.05, 4.69) is 205 Å². The third-order valence-electron chi connectivity index (χ3n) is 11.6. The van der Waals surface area contributed by atoms with E-state index in [9.17, 15) is 0 Å². The number of thiophene rings is 2. The van der Waals surface area contributed by atoms with E-state index in [1.54, 1.807) is 0 Å². The first-order chi connectivity index (χ1) is 28.3. The van der Waals surface area contributed by atoms with Crippen molar-refractivity contribution in [1.29, 1.82) is 0 Å². The number of rotatable bonds is 5. The van der Waals surface area contributed by atoms with E-state index < -0.39 is 0 Å². The maximum atomic E-state index is 2.51. The van der Waals surface area contributed by atoms with Gasteiger partial charge in [-0.3, -0.25) is 0 Å². The molecule has 3 heterocycles. The van der Waals surface area contributed by atoms with Crippen LogP contribution in [0.5, 0.6) is 0 Å². The summed E-state index contributed by atoms with van der Waals surface area (Å²) in [5.41, 5.74) is 13.6. The molecule has 0 radical (unpaired) electrons. The predicted octanol–water partition coefficient (Wildman–Crippen LogP) is 16.2. The van der Waals surface area contributed by atoms with Crippen LogP contribution in [-0.4, -0.2) is 4.57 Å². The highest BCUT2D eigenvalue weighted by atomic mass is 32.1. The van der Waals surface area contributed by atoms with Crippen LogP contribution in [0.3, 0.4) is 0 Å². The first-order valence-electron chi connectivity index (χ1n) is 19.4. The lowest BCUT2D eigenvalue weighted by Crippen LogP contribution is -1.94. The Morgan fingerprint density at radius 3 is 1.54 bits per heavy atom. The molecule has 12 aromatic rings. The predicted molar refractivity (Wildman–Crippen MR) is 248 cm³/mol. The van der Waals surface area contributed by atoms with Gasteiger partial charge in [0.25, 0.3) is 0 Å². The molecular weight excluding hydrogens is 727 g/mol. The molecule has 0 bridgehead atoms. The Labute approximate surface area is 338 Å². The van der Waals surface area contributed by atoms with Crippen LogP contribution in [0.2, 0.25) is 0 Å². The highest BCUT2D eigenvalue weighted by molar-refractivity contribution is 7.27. The summed E-state index contributed by atoms with van der Waals surface area (Å²) in [5.74, 6) is 0. The molecule has 0 N–H and O–H groups in total. The lowest BCUT2D eigenvalue weighted by Gasteiger charge is -2.11. The maximum Gasteiger partial charge on any atom is 0.0640 e. The number of benzene rings is 9. The minimum absolute atomic E-state index is 1.21. The molecule has 0 aliphatic rings. The second-order valence-corrected chi connectivity index (χ2v) is 16.9. The molecule has 3 heteroatoms. The van der Waals surface area contributed by atoms with E-state index >= 15 is 0 Å². The Hall–Kier alpha value is -6.78. The summed E-state index contributed by atoms with van der Waals surface area (Å²) in [6.07, 6.45) is 0. The SMILES string of the molecule is c1ccc(-c2ccc3c(c2)c2cc(-c4ccccc4)ccc2n3-c2cccc3c2sc2c(-c4ccccc4)cc(-c4cccc5sc6ccccc6c45)cc23)cc1. The lowest BCUT2D eigenvalue weighted by atomic mass is 9.93. The van der Waals surface area contributed by atoms with Crippen LogP contribution in [0, 0.1) is 0 Å². The van der Waals surface area contributed by atoms with Gasteiger partial charge in [-0.15, -0.1) is 22.7 Å². The summed E-state index contributed by atoms with van der Waals surface area (Å²) in [4.78, 5) is 0. The van der Waals surface area contributed by atoms with Gasteiger partial charge >= 0.3 is 0 Å². The molecule has 0 aliphatic carbocycles. The fraction of sp³-hybridized carbons (Fsp3) is 0. The summed E-state index contributed by atoms with van der Waals surface area (Å²) < 4.78 is 7.76. The fourth-order valence-corrected chi connectivity index (χ4v) is 11.4. The number of hydrogen-bond donors (Lipinski definition) is 0. The van der Waals surface area contributed by atoms with Crippen molar-refractivity contribution in [3.63, 3.8) is 0 Å². The van der Waals surface area contributed by atoms with Crippen LogP contribution in [0.4, 0.5) is 0 Å². The van der Waals surface area contributed by atoms with Crippen molar-refractivity contribution in [3.05, 3.63) is 200 Å². The van der Waals surface area contributed by atoms with Gasteiger partial charge in [-0.25, -0.2) is 0 Å². The van der Waals surface area contributed by atoms with Crippen LogP contribution in [0.25, 0.3) is 112 Å². The zero-order valence-electron chi connectivity index (χ0n) is 30.8. The van der Waals surface area contributed by atoms with E-state index in [4.69, 9.17) is 0 Å². The molecule has 0 atom stereocenters. The normalized spacial score (nSPS) is 11.9. The van der Waals surface area contributed by atoms with Crippen LogP contribution >= 0.6 is 22.7 Å². The highest BCUT2D eigenvalue weighted by Gasteiger charge is 2.21. The number of nitrogens with zero attached hydrogens (tertiary/aromatic N) is 1. The molecule has 0 fully saturated rings. The molecule has 57 heavy (non-hydrogen) atoms. The van der Waals surface area contributed by atoms with E-state index in [1.165, 1.54) is 112 Å². The standard InChI is InChI=1S/C54H33NS2/c1-4-14-34(15-5-1)37-26-28-47-44(30-37)45-31-38(35-16-6-2-7-17-35)27-29-48(45)55(47)49-23-12-22-41-46-33-39(32-43(53(46)57-54(41)49)36-18-8-3-9-19-36)40-21-13-25-51-52(40)42-20-10-11-24-50(42)56-51/h1-33H. The zero-order chi connectivity index (χ0) is 37.5. The molecule has 12 rings (SSSR count). The van der Waals surface area contributed by atoms with Crippen molar-refractivity contribution >= 4 is 84.8 Å². The zero-order valence-corrected chi connectivity index (χ0v) is 32.4. The van der Waals surface area contributed by atoms with Gasteiger partial charge in [-0.2, -0.15) is 0 Å². The molecule has 1 nitrogen and oxygen atoms in total. The molecule has 0 saturated carbocycles. The van der Waals surface area contributed by atoms with Crippen LogP contribution in [0.1, 0.15) is 0 Å². The van der Waals surface area contributed by atoms with E-state index in [-0.39, 0.29) is 0 Å². The molecule has 0 spiro atoms. The van der Waals surface area contributed by atoms with Crippen molar-refractivity contribution in [2.75, 3.05) is 0 Å². The van der Waals surface area contributed by atoms with Gasteiger partial charge in [0, 0.05) is 52.0 Å². The Kier molecular flexibility index (Phi) is 7.34. The van der Waals surface area contributed by atoms with E-state index in [0.717, 1.165) is 0 Å². The molecule has 9 aromatic carbocycles. The summed E-state index contributed by atoms with van der Waals surface area (Å²) in [5, 5.41) is 7.75. The average molecular weight is 760 g/mol. The monoisotopic (exact) mass is 759 g/mol. The Morgan fingerprint density at radius 1 is 0.298 bits per heavy atom. The van der Waals surface area contributed by atoms with Crippen molar-refractivity contribution in [3.8, 4) is 50.2 Å². The Bertz CT molecular complexity index is 3400. The van der Waals surface area contributed by atoms with Crippen LogP contribution in [-0.2, 0) is 0 Å². The molecule has 266 valence electrons. The van der Waals surface area contributed by atoms with Gasteiger partial charge in [0.15, 0.2) is 0 Å². The Morgan fingerprint density at radius 2 is 0.860 bits per heavy atom. The molecule has 3 aromatic heterocycles. The van der Waals surface area contributed by atoms with E-state index in [0.29, 0.717) is 0 Å².